The van der Waals surface area contributed by atoms with Crippen LogP contribution in [-0.4, -0.2) is 23.9 Å². The summed E-state index contributed by atoms with van der Waals surface area (Å²) in [6.45, 7) is 4.25. The summed E-state index contributed by atoms with van der Waals surface area (Å²) in [5, 5.41) is 15.1. The Morgan fingerprint density at radius 1 is 1.25 bits per heavy atom. The predicted octanol–water partition coefficient (Wildman–Crippen LogP) is 0.241. The van der Waals surface area contributed by atoms with Gasteiger partial charge in [0.1, 0.15) is 0 Å². The summed E-state index contributed by atoms with van der Waals surface area (Å²) in [6, 6.07) is 0. The van der Waals surface area contributed by atoms with Gasteiger partial charge < -0.3 is 10.2 Å². The first kappa shape index (κ1) is 15.9. The van der Waals surface area contributed by atoms with Crippen LogP contribution in [0.15, 0.2) is 0 Å². The molecule has 0 fully saturated rings. The van der Waals surface area contributed by atoms with Gasteiger partial charge in [-0.05, 0) is 5.92 Å². The van der Waals surface area contributed by atoms with Crippen LogP contribution in [0.3, 0.4) is 0 Å². The Balaban J connectivity index is -0.0000000750. The molecule has 0 rings (SSSR count). The third kappa shape index (κ3) is 29.2. The Labute approximate surface area is 70.0 Å². The second-order valence-corrected chi connectivity index (χ2v) is 1.58. The first-order valence-corrected chi connectivity index (χ1v) is 2.33. The smallest absolute Gasteiger partial charge is 0.0453 e. The van der Waals surface area contributed by atoms with Crippen LogP contribution in [0.2, 0.25) is 0 Å². The van der Waals surface area contributed by atoms with E-state index in [1.54, 1.807) is 0 Å². The number of aliphatic hydroxyl groups is 2. The summed E-state index contributed by atoms with van der Waals surface area (Å²) in [6.07, 6.45) is 0. The summed E-state index contributed by atoms with van der Waals surface area (Å²) in [7, 11) is 1.00. The van der Waals surface area contributed by atoms with E-state index in [9.17, 15) is 0 Å². The zero-order valence-corrected chi connectivity index (χ0v) is 8.14. The molecule has 0 bridgehead atoms. The van der Waals surface area contributed by atoms with Crippen molar-refractivity contribution in [1.82, 2.24) is 0 Å². The fourth-order valence-corrected chi connectivity index (χ4v) is 0. The molecule has 0 aliphatic heterocycles. The van der Waals surface area contributed by atoms with Gasteiger partial charge in [0.05, 0.1) is 0 Å². The van der Waals surface area contributed by atoms with Crippen molar-refractivity contribution in [3.05, 3.63) is 0 Å². The molecular weight excluding hydrogens is 183 g/mol. The van der Waals surface area contributed by atoms with Crippen molar-refractivity contribution in [3.8, 4) is 0 Å². The van der Waals surface area contributed by atoms with E-state index in [2.05, 4.69) is 0 Å². The van der Waals surface area contributed by atoms with Gasteiger partial charge in [-0.15, -0.1) is 0 Å². The number of rotatable bonds is 1. The van der Waals surface area contributed by atoms with E-state index < -0.39 is 0 Å². The van der Waals surface area contributed by atoms with Gasteiger partial charge in [-0.3, -0.25) is 0 Å². The Morgan fingerprint density at radius 3 is 1.38 bits per heavy atom. The zero-order chi connectivity index (χ0) is 6.28. The monoisotopic (exact) mass is 196 g/mol. The van der Waals surface area contributed by atoms with E-state index >= 15 is 0 Å². The molecule has 0 aromatic carbocycles. The van der Waals surface area contributed by atoms with Gasteiger partial charge in [0.15, 0.2) is 0 Å². The maximum Gasteiger partial charge on any atom is 0.0453 e. The molecule has 0 aromatic rings. The molecule has 3 heteroatoms. The standard InChI is InChI=1S/C4H10O.CH4O.Zr/c1-4(2)3-5;1-2;/h4-5H,3H2,1-2H3;2H,1H3;. The summed E-state index contributed by atoms with van der Waals surface area (Å²) < 4.78 is 0. The van der Waals surface area contributed by atoms with Crippen molar-refractivity contribution >= 4 is 0 Å². The van der Waals surface area contributed by atoms with E-state index in [0.29, 0.717) is 12.5 Å². The molecule has 0 saturated carbocycles. The molecular formula is C5H14O2Zr. The minimum atomic E-state index is 0. The van der Waals surface area contributed by atoms with Crippen LogP contribution >= 0.6 is 0 Å². The predicted molar refractivity (Wildman–Crippen MR) is 30.1 cm³/mol. The van der Waals surface area contributed by atoms with E-state index in [0.717, 1.165) is 7.11 Å². The van der Waals surface area contributed by atoms with Crippen molar-refractivity contribution in [2.45, 2.75) is 13.8 Å². The van der Waals surface area contributed by atoms with Crippen LogP contribution in [-0.2, 0) is 26.2 Å². The van der Waals surface area contributed by atoms with E-state index in [1.807, 2.05) is 13.8 Å². The van der Waals surface area contributed by atoms with Crippen molar-refractivity contribution < 1.29 is 36.4 Å². The van der Waals surface area contributed by atoms with E-state index in [1.165, 1.54) is 0 Å². The minimum Gasteiger partial charge on any atom is -0.400 e. The molecule has 0 aliphatic rings. The fourth-order valence-electron chi connectivity index (χ4n) is 0. The maximum absolute atomic E-state index is 8.14. The van der Waals surface area contributed by atoms with Crippen LogP contribution in [0.25, 0.3) is 0 Å². The summed E-state index contributed by atoms with van der Waals surface area (Å²) in [5.41, 5.74) is 0. The number of hydrogen-bond acceptors (Lipinski definition) is 2. The molecule has 0 aromatic heterocycles. The Bertz CT molecular complexity index is 24.4. The summed E-state index contributed by atoms with van der Waals surface area (Å²) in [4.78, 5) is 0. The van der Waals surface area contributed by atoms with E-state index in [-0.39, 0.29) is 26.2 Å². The number of aliphatic hydroxyl groups excluding tert-OH is 2. The van der Waals surface area contributed by atoms with Crippen LogP contribution in [0.5, 0.6) is 0 Å². The first-order valence-electron chi connectivity index (χ1n) is 2.33. The van der Waals surface area contributed by atoms with E-state index in [4.69, 9.17) is 10.2 Å². The van der Waals surface area contributed by atoms with Gasteiger partial charge >= 0.3 is 0 Å². The minimum absolute atomic E-state index is 0. The van der Waals surface area contributed by atoms with Crippen LogP contribution < -0.4 is 0 Å². The van der Waals surface area contributed by atoms with Gasteiger partial charge in [0, 0.05) is 39.9 Å². The quantitative estimate of drug-likeness (QED) is 0.632. The topological polar surface area (TPSA) is 40.5 Å². The van der Waals surface area contributed by atoms with Gasteiger partial charge in [-0.2, -0.15) is 0 Å². The Kier molecular flexibility index (Phi) is 31.1. The second-order valence-electron chi connectivity index (χ2n) is 1.58. The fraction of sp³-hybridized carbons (Fsp3) is 1.00. The molecule has 8 heavy (non-hydrogen) atoms. The average Bonchev–Trinajstić information content (AvgIpc) is 1.73. The maximum atomic E-state index is 8.14. The van der Waals surface area contributed by atoms with Crippen molar-refractivity contribution in [3.63, 3.8) is 0 Å². The van der Waals surface area contributed by atoms with Crippen LogP contribution in [0, 0.1) is 5.92 Å². The summed E-state index contributed by atoms with van der Waals surface area (Å²) in [5.74, 6) is 0.440. The third-order valence-electron chi connectivity index (χ3n) is 0.365. The molecule has 50 valence electrons. The average molecular weight is 197 g/mol. The normalized spacial score (nSPS) is 6.75. The molecule has 0 spiro atoms. The molecule has 0 radical (unpaired) electrons. The summed E-state index contributed by atoms with van der Waals surface area (Å²) >= 11 is 0. The van der Waals surface area contributed by atoms with Crippen LogP contribution in [0.1, 0.15) is 13.8 Å². The van der Waals surface area contributed by atoms with Gasteiger partial charge in [0.2, 0.25) is 0 Å². The Morgan fingerprint density at radius 2 is 1.38 bits per heavy atom. The Hall–Kier alpha value is 0.803. The van der Waals surface area contributed by atoms with Crippen LogP contribution in [0.4, 0.5) is 0 Å². The van der Waals surface area contributed by atoms with Crippen molar-refractivity contribution in [2.24, 2.45) is 5.92 Å². The van der Waals surface area contributed by atoms with Crippen molar-refractivity contribution in [1.29, 1.82) is 0 Å². The molecule has 0 unspecified atom stereocenters. The van der Waals surface area contributed by atoms with Gasteiger partial charge in [-0.25, -0.2) is 0 Å². The van der Waals surface area contributed by atoms with Crippen molar-refractivity contribution in [2.75, 3.05) is 13.7 Å². The molecule has 2 nitrogen and oxygen atoms in total. The molecule has 0 amide bonds. The second kappa shape index (κ2) is 15.7. The molecule has 2 N–H and O–H groups in total. The SMILES string of the molecule is CC(C)CO.CO.[Zr]. The molecule has 0 aliphatic carbocycles. The molecule has 0 saturated heterocycles. The van der Waals surface area contributed by atoms with Gasteiger partial charge in [-0.1, -0.05) is 13.8 Å². The first-order chi connectivity index (χ1) is 3.27. The zero-order valence-electron chi connectivity index (χ0n) is 5.68. The molecule has 0 heterocycles. The largest absolute Gasteiger partial charge is 0.400 e. The van der Waals surface area contributed by atoms with Gasteiger partial charge in [0.25, 0.3) is 0 Å². The number of hydrogen-bond donors (Lipinski definition) is 2. The third-order valence-corrected chi connectivity index (χ3v) is 0.365. The molecule has 0 atom stereocenters.